The molecule has 2 heterocycles. The van der Waals surface area contributed by atoms with Crippen molar-refractivity contribution in [3.05, 3.63) is 30.5 Å². The first-order chi connectivity index (χ1) is 11.3. The lowest BCUT2D eigenvalue weighted by molar-refractivity contribution is 0.171. The van der Waals surface area contributed by atoms with Crippen molar-refractivity contribution < 1.29 is 9.47 Å². The van der Waals surface area contributed by atoms with Crippen LogP contribution in [0, 0.1) is 0 Å². The average molecular weight is 314 g/mol. The van der Waals surface area contributed by atoms with E-state index in [1.807, 2.05) is 24.3 Å². The van der Waals surface area contributed by atoms with Crippen LogP contribution in [0.1, 0.15) is 26.2 Å². The molecule has 1 aromatic carbocycles. The molecule has 0 radical (unpaired) electrons. The van der Waals surface area contributed by atoms with Gasteiger partial charge in [0, 0.05) is 24.5 Å². The molecule has 0 bridgehead atoms. The summed E-state index contributed by atoms with van der Waals surface area (Å²) in [6, 6.07) is 7.60. The van der Waals surface area contributed by atoms with Crippen LogP contribution >= 0.6 is 0 Å². The fourth-order valence-corrected chi connectivity index (χ4v) is 2.36. The number of hydrogen-bond acceptors (Lipinski definition) is 6. The number of hydrogen-bond donors (Lipinski definition) is 2. The van der Waals surface area contributed by atoms with Gasteiger partial charge in [-0.25, -0.2) is 4.98 Å². The lowest BCUT2D eigenvalue weighted by Crippen LogP contribution is -2.15. The van der Waals surface area contributed by atoms with Gasteiger partial charge in [-0.3, -0.25) is 0 Å². The first-order valence-electron chi connectivity index (χ1n) is 8.09. The van der Waals surface area contributed by atoms with E-state index in [-0.39, 0.29) is 0 Å². The van der Waals surface area contributed by atoms with Gasteiger partial charge in [-0.2, -0.15) is 4.98 Å². The fraction of sp³-hybridized carbons (Fsp3) is 0.412. The van der Waals surface area contributed by atoms with Crippen molar-refractivity contribution in [3.63, 3.8) is 0 Å². The summed E-state index contributed by atoms with van der Waals surface area (Å²) in [6.45, 7) is 4.28. The third-order valence-electron chi connectivity index (χ3n) is 3.54. The molecule has 0 aliphatic carbocycles. The molecule has 122 valence electrons. The lowest BCUT2D eigenvalue weighted by atomic mass is 10.2. The third kappa shape index (κ3) is 4.25. The highest BCUT2D eigenvalue weighted by atomic mass is 16.6. The molecule has 2 aromatic rings. The maximum Gasteiger partial charge on any atom is 0.229 e. The molecule has 0 saturated heterocycles. The summed E-state index contributed by atoms with van der Waals surface area (Å²) in [6.07, 6.45) is 5.32. The molecule has 0 spiro atoms. The average Bonchev–Trinajstić information content (AvgIpc) is 2.59. The van der Waals surface area contributed by atoms with E-state index in [4.69, 9.17) is 9.47 Å². The minimum absolute atomic E-state index is 0.558. The standard InChI is InChI=1S/C17H22N4O2/c1-2-3-4-8-18-16-7-9-19-17(21-16)20-13-5-6-14-15(12-13)23-11-10-22-14/h5-7,9,12H,2-4,8,10-11H2,1H3,(H2,18,19,20,21). The predicted molar refractivity (Wildman–Crippen MR) is 90.8 cm³/mol. The van der Waals surface area contributed by atoms with Gasteiger partial charge >= 0.3 is 0 Å². The maximum absolute atomic E-state index is 5.58. The van der Waals surface area contributed by atoms with Gasteiger partial charge in [0.1, 0.15) is 19.0 Å². The summed E-state index contributed by atoms with van der Waals surface area (Å²) in [4.78, 5) is 8.73. The quantitative estimate of drug-likeness (QED) is 0.761. The van der Waals surface area contributed by atoms with Crippen LogP contribution in [0.4, 0.5) is 17.5 Å². The second kappa shape index (κ2) is 7.67. The van der Waals surface area contributed by atoms with Crippen LogP contribution < -0.4 is 20.1 Å². The summed E-state index contributed by atoms with van der Waals surface area (Å²) >= 11 is 0. The Balaban J connectivity index is 1.63. The molecule has 0 unspecified atom stereocenters. The number of aromatic nitrogens is 2. The summed E-state index contributed by atoms with van der Waals surface area (Å²) < 4.78 is 11.1. The molecule has 2 N–H and O–H groups in total. The molecule has 0 amide bonds. The summed E-state index contributed by atoms with van der Waals surface area (Å²) in [5, 5.41) is 6.52. The van der Waals surface area contributed by atoms with Gasteiger partial charge in [-0.05, 0) is 24.6 Å². The molecule has 6 nitrogen and oxygen atoms in total. The summed E-state index contributed by atoms with van der Waals surface area (Å²) in [7, 11) is 0. The highest BCUT2D eigenvalue weighted by Crippen LogP contribution is 2.33. The number of fused-ring (bicyclic) bond motifs is 1. The molecule has 1 aliphatic rings. The zero-order valence-corrected chi connectivity index (χ0v) is 13.3. The van der Waals surface area contributed by atoms with Crippen LogP contribution in [-0.2, 0) is 0 Å². The Labute approximate surface area is 136 Å². The molecule has 0 saturated carbocycles. The Bertz CT molecular complexity index is 648. The van der Waals surface area contributed by atoms with Crippen molar-refractivity contribution in [1.82, 2.24) is 9.97 Å². The van der Waals surface area contributed by atoms with Crippen molar-refractivity contribution in [2.75, 3.05) is 30.4 Å². The molecular weight excluding hydrogens is 292 g/mol. The second-order valence-corrected chi connectivity index (χ2v) is 5.38. The van der Waals surface area contributed by atoms with Crippen molar-refractivity contribution in [3.8, 4) is 11.5 Å². The smallest absolute Gasteiger partial charge is 0.229 e. The normalized spacial score (nSPS) is 12.7. The molecule has 0 fully saturated rings. The Morgan fingerprint density at radius 1 is 1.09 bits per heavy atom. The van der Waals surface area contributed by atoms with Gasteiger partial charge in [0.15, 0.2) is 11.5 Å². The van der Waals surface area contributed by atoms with Gasteiger partial charge in [-0.1, -0.05) is 19.8 Å². The highest BCUT2D eigenvalue weighted by Gasteiger charge is 2.12. The minimum atomic E-state index is 0.558. The van der Waals surface area contributed by atoms with Crippen LogP contribution in [0.2, 0.25) is 0 Å². The maximum atomic E-state index is 5.58. The largest absolute Gasteiger partial charge is 0.486 e. The van der Waals surface area contributed by atoms with Gasteiger partial charge in [0.25, 0.3) is 0 Å². The van der Waals surface area contributed by atoms with E-state index in [2.05, 4.69) is 27.5 Å². The topological polar surface area (TPSA) is 68.3 Å². The first-order valence-corrected chi connectivity index (χ1v) is 8.09. The van der Waals surface area contributed by atoms with Gasteiger partial charge in [0.2, 0.25) is 5.95 Å². The number of unbranched alkanes of at least 4 members (excludes halogenated alkanes) is 2. The van der Waals surface area contributed by atoms with Crippen LogP contribution in [-0.4, -0.2) is 29.7 Å². The van der Waals surface area contributed by atoms with Crippen molar-refractivity contribution in [2.24, 2.45) is 0 Å². The Morgan fingerprint density at radius 3 is 2.83 bits per heavy atom. The molecule has 0 atom stereocenters. The van der Waals surface area contributed by atoms with Crippen LogP contribution in [0.5, 0.6) is 11.5 Å². The molecular formula is C17H22N4O2. The highest BCUT2D eigenvalue weighted by molar-refractivity contribution is 5.60. The second-order valence-electron chi connectivity index (χ2n) is 5.38. The Morgan fingerprint density at radius 2 is 1.96 bits per heavy atom. The fourth-order valence-electron chi connectivity index (χ4n) is 2.36. The monoisotopic (exact) mass is 314 g/mol. The zero-order valence-electron chi connectivity index (χ0n) is 13.3. The summed E-state index contributed by atoms with van der Waals surface area (Å²) in [5.41, 5.74) is 0.873. The Hall–Kier alpha value is -2.50. The SMILES string of the molecule is CCCCCNc1ccnc(Nc2ccc3c(c2)OCCO3)n1. The third-order valence-corrected chi connectivity index (χ3v) is 3.54. The summed E-state index contributed by atoms with van der Waals surface area (Å²) in [5.74, 6) is 2.91. The first kappa shape index (κ1) is 15.4. The molecule has 1 aliphatic heterocycles. The van der Waals surface area contributed by atoms with E-state index < -0.39 is 0 Å². The van der Waals surface area contributed by atoms with Crippen molar-refractivity contribution in [2.45, 2.75) is 26.2 Å². The van der Waals surface area contributed by atoms with E-state index in [9.17, 15) is 0 Å². The van der Waals surface area contributed by atoms with Crippen LogP contribution in [0.25, 0.3) is 0 Å². The number of nitrogens with zero attached hydrogens (tertiary/aromatic N) is 2. The van der Waals surface area contributed by atoms with E-state index in [0.717, 1.165) is 36.0 Å². The van der Waals surface area contributed by atoms with E-state index >= 15 is 0 Å². The number of nitrogens with one attached hydrogen (secondary N) is 2. The predicted octanol–water partition coefficient (Wildman–Crippen LogP) is 3.59. The molecule has 23 heavy (non-hydrogen) atoms. The van der Waals surface area contributed by atoms with Gasteiger partial charge in [0.05, 0.1) is 0 Å². The van der Waals surface area contributed by atoms with Gasteiger partial charge < -0.3 is 20.1 Å². The van der Waals surface area contributed by atoms with Gasteiger partial charge in [-0.15, -0.1) is 0 Å². The Kier molecular flexibility index (Phi) is 5.13. The van der Waals surface area contributed by atoms with Crippen LogP contribution in [0.3, 0.4) is 0 Å². The lowest BCUT2D eigenvalue weighted by Gasteiger charge is -2.19. The zero-order chi connectivity index (χ0) is 15.9. The van der Waals surface area contributed by atoms with Crippen LogP contribution in [0.15, 0.2) is 30.5 Å². The molecule has 3 rings (SSSR count). The minimum Gasteiger partial charge on any atom is -0.486 e. The number of rotatable bonds is 7. The molecule has 1 aromatic heterocycles. The van der Waals surface area contributed by atoms with E-state index in [1.54, 1.807) is 6.20 Å². The number of benzene rings is 1. The number of anilines is 3. The van der Waals surface area contributed by atoms with E-state index in [1.165, 1.54) is 12.8 Å². The van der Waals surface area contributed by atoms with Crippen molar-refractivity contribution in [1.29, 1.82) is 0 Å². The van der Waals surface area contributed by atoms with E-state index in [0.29, 0.717) is 19.2 Å². The van der Waals surface area contributed by atoms with Crippen molar-refractivity contribution >= 4 is 17.5 Å². The molecule has 6 heteroatoms. The number of ether oxygens (including phenoxy) is 2.